The lowest BCUT2D eigenvalue weighted by atomic mass is 9.75. The van der Waals surface area contributed by atoms with Gasteiger partial charge in [0.15, 0.2) is 0 Å². The topological polar surface area (TPSA) is 24.4 Å². The summed E-state index contributed by atoms with van der Waals surface area (Å²) in [5.41, 5.74) is 6.84. The molecule has 0 saturated carbocycles. The third-order valence-corrected chi connectivity index (χ3v) is 6.53. The van der Waals surface area contributed by atoms with Gasteiger partial charge in [-0.05, 0) is 93.9 Å². The predicted molar refractivity (Wildman–Crippen MR) is 167 cm³/mol. The summed E-state index contributed by atoms with van der Waals surface area (Å²) in [6.45, 7) is 25.2. The first-order valence-electron chi connectivity index (χ1n) is 14.4. The number of nitrogens with one attached hydrogen (secondary N) is 1. The van der Waals surface area contributed by atoms with Gasteiger partial charge >= 0.3 is 0 Å². The van der Waals surface area contributed by atoms with Crippen molar-refractivity contribution >= 4 is 17.8 Å². The van der Waals surface area contributed by atoms with Crippen LogP contribution in [0.1, 0.15) is 131 Å². The van der Waals surface area contributed by atoms with Crippen molar-refractivity contribution in [2.24, 2.45) is 10.9 Å². The molecule has 36 heavy (non-hydrogen) atoms. The van der Waals surface area contributed by atoms with Crippen LogP contribution < -0.4 is 5.32 Å². The summed E-state index contributed by atoms with van der Waals surface area (Å²) in [6.07, 6.45) is 14.7. The van der Waals surface area contributed by atoms with Crippen LogP contribution in [0.15, 0.2) is 59.0 Å². The van der Waals surface area contributed by atoms with Gasteiger partial charge in [0, 0.05) is 22.9 Å². The minimum atomic E-state index is 0.366. The van der Waals surface area contributed by atoms with Crippen LogP contribution in [0.5, 0.6) is 0 Å². The van der Waals surface area contributed by atoms with E-state index >= 15 is 0 Å². The highest BCUT2D eigenvalue weighted by atomic mass is 35.5. The lowest BCUT2D eigenvalue weighted by Crippen LogP contribution is -2.18. The minimum absolute atomic E-state index is 0.366. The van der Waals surface area contributed by atoms with E-state index in [1.807, 2.05) is 20.0 Å². The molecule has 1 rings (SSSR count). The Morgan fingerprint density at radius 1 is 1.00 bits per heavy atom. The minimum Gasteiger partial charge on any atom is -0.368 e. The van der Waals surface area contributed by atoms with Crippen LogP contribution in [0.3, 0.4) is 0 Å². The van der Waals surface area contributed by atoms with E-state index in [9.17, 15) is 0 Å². The Kier molecular flexibility index (Phi) is 23.8. The first kappa shape index (κ1) is 36.4. The molecule has 1 aromatic rings. The van der Waals surface area contributed by atoms with Gasteiger partial charge in [0.2, 0.25) is 0 Å². The third-order valence-electron chi connectivity index (χ3n) is 6.29. The van der Waals surface area contributed by atoms with E-state index in [1.165, 1.54) is 53.7 Å². The van der Waals surface area contributed by atoms with Gasteiger partial charge in [0.1, 0.15) is 0 Å². The second-order valence-electron chi connectivity index (χ2n) is 8.97. The van der Waals surface area contributed by atoms with Crippen LogP contribution in [-0.2, 0) is 6.42 Å². The maximum Gasteiger partial charge on any atom is 0.0466 e. The molecule has 0 aliphatic heterocycles. The molecule has 1 aromatic carbocycles. The molecule has 206 valence electrons. The molecule has 1 N–H and O–H groups in total. The maximum absolute atomic E-state index is 6.31. The van der Waals surface area contributed by atoms with E-state index in [0.717, 1.165) is 30.7 Å². The highest BCUT2D eigenvalue weighted by Gasteiger charge is 2.28. The van der Waals surface area contributed by atoms with Gasteiger partial charge in [-0.2, -0.15) is 0 Å². The zero-order chi connectivity index (χ0) is 27.9. The number of hydrogen-bond acceptors (Lipinski definition) is 2. The molecule has 0 heterocycles. The summed E-state index contributed by atoms with van der Waals surface area (Å²) in [5.74, 6) is 0.992. The molecule has 0 bridgehead atoms. The molecule has 0 saturated heterocycles. The number of allylic oxidation sites excluding steroid dienone is 3. The fourth-order valence-electron chi connectivity index (χ4n) is 4.16. The van der Waals surface area contributed by atoms with Gasteiger partial charge in [-0.1, -0.05) is 104 Å². The molecular formula is C33H57ClN2. The lowest BCUT2D eigenvalue weighted by Gasteiger charge is -2.31. The van der Waals surface area contributed by atoms with Crippen molar-refractivity contribution in [3.8, 4) is 0 Å². The van der Waals surface area contributed by atoms with Crippen molar-refractivity contribution in [1.29, 1.82) is 0 Å². The normalized spacial score (nSPS) is 12.8. The summed E-state index contributed by atoms with van der Waals surface area (Å²) in [6, 6.07) is 6.47. The van der Waals surface area contributed by atoms with E-state index in [-0.39, 0.29) is 0 Å². The van der Waals surface area contributed by atoms with Crippen molar-refractivity contribution in [2.75, 3.05) is 0 Å². The molecule has 1 unspecified atom stereocenters. The Morgan fingerprint density at radius 2 is 1.61 bits per heavy atom. The zero-order valence-electron chi connectivity index (χ0n) is 25.3. The predicted octanol–water partition coefficient (Wildman–Crippen LogP) is 11.4. The molecule has 3 heteroatoms. The van der Waals surface area contributed by atoms with Crippen molar-refractivity contribution in [3.63, 3.8) is 0 Å². The molecule has 2 nitrogen and oxygen atoms in total. The zero-order valence-corrected chi connectivity index (χ0v) is 26.1. The fourth-order valence-corrected chi connectivity index (χ4v) is 4.35. The largest absolute Gasteiger partial charge is 0.368 e. The standard InChI is InChI=1S/C24H38ClN.C7H13N.C2H6/c1-7-12-20(13-8-2)23(24(18(6)10-4)26-16-9-3)22-15-14-21(25)17-19(22)11-5;1-4-7(3)6-8-5-2;1-2/h14-17,20,23H,7-13H2,1-6H3;5-6,8H,2,4H2,1,3H3;1-2H3/b24-18-,26-16?;7-6+;. The molecule has 0 aliphatic rings. The third kappa shape index (κ3) is 14.1. The first-order chi connectivity index (χ1) is 17.3. The van der Waals surface area contributed by atoms with Crippen LogP contribution >= 0.6 is 11.6 Å². The van der Waals surface area contributed by atoms with Crippen LogP contribution in [0.25, 0.3) is 0 Å². The molecule has 0 radical (unpaired) electrons. The Morgan fingerprint density at radius 3 is 2.06 bits per heavy atom. The van der Waals surface area contributed by atoms with E-state index in [1.54, 1.807) is 6.20 Å². The van der Waals surface area contributed by atoms with Crippen LogP contribution in [0.2, 0.25) is 5.02 Å². The van der Waals surface area contributed by atoms with Gasteiger partial charge < -0.3 is 5.32 Å². The molecule has 1 atom stereocenters. The summed E-state index contributed by atoms with van der Waals surface area (Å²) in [4.78, 5) is 4.99. The lowest BCUT2D eigenvalue weighted by molar-refractivity contribution is 0.387. The van der Waals surface area contributed by atoms with Crippen LogP contribution in [-0.4, -0.2) is 6.21 Å². The Labute approximate surface area is 230 Å². The van der Waals surface area contributed by atoms with Crippen molar-refractivity contribution in [2.45, 2.75) is 127 Å². The Hall–Kier alpha value is -1.80. The van der Waals surface area contributed by atoms with E-state index in [2.05, 4.69) is 91.7 Å². The Balaban J connectivity index is 0. The van der Waals surface area contributed by atoms with E-state index in [0.29, 0.717) is 11.8 Å². The van der Waals surface area contributed by atoms with Crippen molar-refractivity contribution < 1.29 is 0 Å². The fraction of sp³-hybridized carbons (Fsp3) is 0.606. The number of nitrogens with zero attached hydrogens (tertiary/aromatic N) is 1. The average molecular weight is 517 g/mol. The van der Waals surface area contributed by atoms with Gasteiger partial charge in [-0.3, -0.25) is 4.99 Å². The molecule has 0 fully saturated rings. The number of aliphatic imine (C=N–C) groups is 1. The monoisotopic (exact) mass is 516 g/mol. The molecule has 0 aliphatic carbocycles. The number of halogens is 1. The highest BCUT2D eigenvalue weighted by Crippen LogP contribution is 2.42. The van der Waals surface area contributed by atoms with E-state index in [4.69, 9.17) is 16.6 Å². The highest BCUT2D eigenvalue weighted by molar-refractivity contribution is 6.30. The Bertz CT molecular complexity index is 783. The first-order valence-corrected chi connectivity index (χ1v) is 14.7. The maximum atomic E-state index is 6.31. The molecule has 0 amide bonds. The van der Waals surface area contributed by atoms with E-state index < -0.39 is 0 Å². The smallest absolute Gasteiger partial charge is 0.0466 e. The quantitative estimate of drug-likeness (QED) is 0.244. The average Bonchev–Trinajstić information content (AvgIpc) is 2.91. The number of aryl methyl sites for hydroxylation is 1. The van der Waals surface area contributed by atoms with Gasteiger partial charge in [-0.25, -0.2) is 0 Å². The van der Waals surface area contributed by atoms with Gasteiger partial charge in [-0.15, -0.1) is 0 Å². The van der Waals surface area contributed by atoms with Crippen LogP contribution in [0, 0.1) is 5.92 Å². The summed E-state index contributed by atoms with van der Waals surface area (Å²) >= 11 is 6.31. The number of rotatable bonds is 14. The van der Waals surface area contributed by atoms with Crippen LogP contribution in [0.4, 0.5) is 0 Å². The van der Waals surface area contributed by atoms with Gasteiger partial charge in [0.05, 0.1) is 0 Å². The molecular weight excluding hydrogens is 460 g/mol. The van der Waals surface area contributed by atoms with Crippen molar-refractivity contribution in [3.05, 3.63) is 70.2 Å². The van der Waals surface area contributed by atoms with Crippen molar-refractivity contribution in [1.82, 2.24) is 5.32 Å². The summed E-state index contributed by atoms with van der Waals surface area (Å²) in [5, 5.41) is 3.74. The SMILES string of the molecule is C=CN/C=C(\C)CC.CC.CCC=N/C(=C(/C)CC)C(c1ccc(Cl)cc1CC)C(CCC)CCC. The molecule has 0 spiro atoms. The van der Waals surface area contributed by atoms with Gasteiger partial charge in [0.25, 0.3) is 0 Å². The number of hydrogen-bond donors (Lipinski definition) is 1. The summed E-state index contributed by atoms with van der Waals surface area (Å²) in [7, 11) is 0. The molecule has 0 aromatic heterocycles. The second-order valence-corrected chi connectivity index (χ2v) is 9.40. The second kappa shape index (κ2) is 23.6. The summed E-state index contributed by atoms with van der Waals surface area (Å²) < 4.78 is 0. The number of benzene rings is 1.